The molecule has 0 bridgehead atoms. The van der Waals surface area contributed by atoms with Crippen molar-refractivity contribution in [1.29, 1.82) is 0 Å². The molecular weight excluding hydrogens is 228 g/mol. The summed E-state index contributed by atoms with van der Waals surface area (Å²) < 4.78 is 0. The highest BCUT2D eigenvalue weighted by atomic mass is 32.2. The van der Waals surface area contributed by atoms with Crippen LogP contribution < -0.4 is 5.32 Å². The van der Waals surface area contributed by atoms with Crippen LogP contribution in [0.2, 0.25) is 0 Å². The Morgan fingerprint density at radius 1 is 1.29 bits per heavy atom. The smallest absolute Gasteiger partial charge is 0.0198 e. The lowest BCUT2D eigenvalue weighted by atomic mass is 9.97. The van der Waals surface area contributed by atoms with E-state index in [0.717, 1.165) is 24.0 Å². The van der Waals surface area contributed by atoms with Crippen LogP contribution in [0.25, 0.3) is 0 Å². The molecule has 0 aromatic heterocycles. The van der Waals surface area contributed by atoms with Gasteiger partial charge in [0.2, 0.25) is 0 Å². The summed E-state index contributed by atoms with van der Waals surface area (Å²) in [6.07, 6.45) is 4.14. The van der Waals surface area contributed by atoms with E-state index in [4.69, 9.17) is 0 Å². The Morgan fingerprint density at radius 3 is 2.65 bits per heavy atom. The highest BCUT2D eigenvalue weighted by Crippen LogP contribution is 2.25. The average molecular weight is 256 g/mol. The van der Waals surface area contributed by atoms with E-state index in [9.17, 15) is 0 Å². The van der Waals surface area contributed by atoms with Gasteiger partial charge in [0.1, 0.15) is 0 Å². The number of nitrogens with one attached hydrogen (secondary N) is 1. The minimum absolute atomic E-state index is 0.723. The first kappa shape index (κ1) is 13.7. The van der Waals surface area contributed by atoms with E-state index in [0.29, 0.717) is 0 Å². The summed E-state index contributed by atoms with van der Waals surface area (Å²) in [4.78, 5) is 2.79. The fraction of sp³-hybridized carbons (Fsp3) is 1.00. The van der Waals surface area contributed by atoms with E-state index in [1.54, 1.807) is 0 Å². The predicted molar refractivity (Wildman–Crippen MR) is 77.8 cm³/mol. The zero-order chi connectivity index (χ0) is 12.3. The van der Waals surface area contributed by atoms with Gasteiger partial charge in [-0.1, -0.05) is 13.8 Å². The lowest BCUT2D eigenvalue weighted by Gasteiger charge is -2.45. The molecule has 2 saturated heterocycles. The Balaban J connectivity index is 1.89. The zero-order valence-electron chi connectivity index (χ0n) is 11.6. The molecule has 1 N–H and O–H groups in total. The highest BCUT2D eigenvalue weighted by Gasteiger charge is 2.31. The summed E-state index contributed by atoms with van der Waals surface area (Å²) in [7, 11) is 0. The SMILES string of the molecule is CC(C)CC1CN(C2CCSCC2)C(C)CN1. The number of nitrogens with zero attached hydrogens (tertiary/aromatic N) is 1. The molecule has 17 heavy (non-hydrogen) atoms. The van der Waals surface area contributed by atoms with Crippen molar-refractivity contribution < 1.29 is 0 Å². The van der Waals surface area contributed by atoms with E-state index >= 15 is 0 Å². The molecule has 2 atom stereocenters. The lowest BCUT2D eigenvalue weighted by Crippen LogP contribution is -2.59. The summed E-state index contributed by atoms with van der Waals surface area (Å²) in [5.74, 6) is 3.55. The van der Waals surface area contributed by atoms with Crippen LogP contribution in [-0.4, -0.2) is 47.6 Å². The van der Waals surface area contributed by atoms with Crippen LogP contribution >= 0.6 is 11.8 Å². The quantitative estimate of drug-likeness (QED) is 0.835. The summed E-state index contributed by atoms with van der Waals surface area (Å²) >= 11 is 2.13. The molecule has 2 rings (SSSR count). The van der Waals surface area contributed by atoms with Gasteiger partial charge in [0.15, 0.2) is 0 Å². The molecule has 0 aromatic carbocycles. The standard InChI is InChI=1S/C14H28N2S/c1-11(2)8-13-10-16(12(3)9-15-13)14-4-6-17-7-5-14/h11-15H,4-10H2,1-3H3. The van der Waals surface area contributed by atoms with Crippen LogP contribution in [0, 0.1) is 5.92 Å². The molecule has 2 unspecified atom stereocenters. The molecule has 0 saturated carbocycles. The second-order valence-corrected chi connectivity index (χ2v) is 7.35. The molecular formula is C14H28N2S. The van der Waals surface area contributed by atoms with Crippen molar-refractivity contribution in [2.45, 2.75) is 58.2 Å². The van der Waals surface area contributed by atoms with E-state index in [1.165, 1.54) is 43.9 Å². The second-order valence-electron chi connectivity index (χ2n) is 6.12. The Kier molecular flexibility index (Phi) is 5.19. The average Bonchev–Trinajstić information content (AvgIpc) is 2.32. The third kappa shape index (κ3) is 3.87. The predicted octanol–water partition coefficient (Wildman–Crippen LogP) is 2.59. The van der Waals surface area contributed by atoms with Gasteiger partial charge in [-0.25, -0.2) is 0 Å². The largest absolute Gasteiger partial charge is 0.311 e. The van der Waals surface area contributed by atoms with Gasteiger partial charge in [0.25, 0.3) is 0 Å². The second kappa shape index (κ2) is 6.44. The van der Waals surface area contributed by atoms with Crippen molar-refractivity contribution in [3.8, 4) is 0 Å². The van der Waals surface area contributed by atoms with Gasteiger partial charge >= 0.3 is 0 Å². The minimum atomic E-state index is 0.723. The van der Waals surface area contributed by atoms with Crippen molar-refractivity contribution in [1.82, 2.24) is 10.2 Å². The molecule has 100 valence electrons. The molecule has 0 spiro atoms. The fourth-order valence-electron chi connectivity index (χ4n) is 3.21. The number of thioether (sulfide) groups is 1. The van der Waals surface area contributed by atoms with Crippen molar-refractivity contribution in [3.63, 3.8) is 0 Å². The Hall–Kier alpha value is 0.270. The number of hydrogen-bond donors (Lipinski definition) is 1. The van der Waals surface area contributed by atoms with Gasteiger partial charge in [-0.15, -0.1) is 0 Å². The summed E-state index contributed by atoms with van der Waals surface area (Å²) in [6, 6.07) is 2.32. The van der Waals surface area contributed by atoms with Gasteiger partial charge < -0.3 is 5.32 Å². The summed E-state index contributed by atoms with van der Waals surface area (Å²) in [5.41, 5.74) is 0. The van der Waals surface area contributed by atoms with Gasteiger partial charge in [0.05, 0.1) is 0 Å². The fourth-order valence-corrected chi connectivity index (χ4v) is 4.29. The van der Waals surface area contributed by atoms with Crippen LogP contribution in [0.5, 0.6) is 0 Å². The minimum Gasteiger partial charge on any atom is -0.311 e. The van der Waals surface area contributed by atoms with E-state index in [1.807, 2.05) is 0 Å². The van der Waals surface area contributed by atoms with Crippen LogP contribution in [0.1, 0.15) is 40.0 Å². The van der Waals surface area contributed by atoms with Gasteiger partial charge in [0, 0.05) is 31.2 Å². The molecule has 2 fully saturated rings. The maximum Gasteiger partial charge on any atom is 0.0198 e. The van der Waals surface area contributed by atoms with Crippen molar-refractivity contribution in [2.24, 2.45) is 5.92 Å². The van der Waals surface area contributed by atoms with E-state index in [-0.39, 0.29) is 0 Å². The molecule has 2 aliphatic heterocycles. The first-order valence-corrected chi connectivity index (χ1v) is 8.39. The first-order chi connectivity index (χ1) is 8.16. The monoisotopic (exact) mass is 256 g/mol. The maximum atomic E-state index is 3.72. The maximum absolute atomic E-state index is 3.72. The number of hydrogen-bond acceptors (Lipinski definition) is 3. The molecule has 2 nitrogen and oxygen atoms in total. The third-order valence-electron chi connectivity index (χ3n) is 4.12. The van der Waals surface area contributed by atoms with Gasteiger partial charge in [-0.3, -0.25) is 4.90 Å². The highest BCUT2D eigenvalue weighted by molar-refractivity contribution is 7.99. The van der Waals surface area contributed by atoms with E-state index < -0.39 is 0 Å². The molecule has 0 amide bonds. The van der Waals surface area contributed by atoms with Crippen LogP contribution in [0.3, 0.4) is 0 Å². The van der Waals surface area contributed by atoms with Gasteiger partial charge in [-0.2, -0.15) is 11.8 Å². The topological polar surface area (TPSA) is 15.3 Å². The van der Waals surface area contributed by atoms with E-state index in [2.05, 4.69) is 42.7 Å². The number of piperazine rings is 1. The molecule has 3 heteroatoms. The van der Waals surface area contributed by atoms with Crippen LogP contribution in [0.15, 0.2) is 0 Å². The van der Waals surface area contributed by atoms with Gasteiger partial charge in [-0.05, 0) is 43.6 Å². The normalized spacial score (nSPS) is 33.2. The number of rotatable bonds is 3. The lowest BCUT2D eigenvalue weighted by molar-refractivity contribution is 0.0801. The van der Waals surface area contributed by atoms with Crippen LogP contribution in [-0.2, 0) is 0 Å². The van der Waals surface area contributed by atoms with Crippen molar-refractivity contribution >= 4 is 11.8 Å². The molecule has 0 radical (unpaired) electrons. The molecule has 2 heterocycles. The molecule has 0 aliphatic carbocycles. The summed E-state index contributed by atoms with van der Waals surface area (Å²) in [6.45, 7) is 9.51. The molecule has 2 aliphatic rings. The van der Waals surface area contributed by atoms with Crippen molar-refractivity contribution in [3.05, 3.63) is 0 Å². The molecule has 0 aromatic rings. The Labute approximate surface area is 111 Å². The third-order valence-corrected chi connectivity index (χ3v) is 5.16. The Bertz CT molecular complexity index is 226. The first-order valence-electron chi connectivity index (χ1n) is 7.23. The van der Waals surface area contributed by atoms with Crippen molar-refractivity contribution in [2.75, 3.05) is 24.6 Å². The zero-order valence-corrected chi connectivity index (χ0v) is 12.4. The van der Waals surface area contributed by atoms with Crippen LogP contribution in [0.4, 0.5) is 0 Å². The Morgan fingerprint density at radius 2 is 2.00 bits per heavy atom. The summed E-state index contributed by atoms with van der Waals surface area (Å²) in [5, 5.41) is 3.72.